The van der Waals surface area contributed by atoms with E-state index in [1.807, 2.05) is 13.0 Å². The molecule has 6 nitrogen and oxygen atoms in total. The van der Waals surface area contributed by atoms with Crippen molar-refractivity contribution in [3.05, 3.63) is 17.6 Å². The van der Waals surface area contributed by atoms with Crippen LogP contribution in [0.25, 0.3) is 0 Å². The number of nitrogens with zero attached hydrogens (tertiary/aromatic N) is 3. The van der Waals surface area contributed by atoms with Crippen molar-refractivity contribution in [1.82, 2.24) is 14.9 Å². The highest BCUT2D eigenvalue weighted by Crippen LogP contribution is 2.17. The van der Waals surface area contributed by atoms with Gasteiger partial charge in [-0.1, -0.05) is 0 Å². The molecule has 2 rings (SSSR count). The number of nitrogens with two attached hydrogens (primary N) is 1. The molecule has 1 saturated heterocycles. The summed E-state index contributed by atoms with van der Waals surface area (Å²) < 4.78 is 0. The van der Waals surface area contributed by atoms with E-state index in [0.717, 1.165) is 31.0 Å². The van der Waals surface area contributed by atoms with Gasteiger partial charge in [-0.25, -0.2) is 15.8 Å². The van der Waals surface area contributed by atoms with Gasteiger partial charge in [0, 0.05) is 24.9 Å². The lowest BCUT2D eigenvalue weighted by Crippen LogP contribution is -2.23. The maximum Gasteiger partial charge on any atom is 0.145 e. The molecule has 0 radical (unpaired) electrons. The normalized spacial score (nSPS) is 20.8. The average Bonchev–Trinajstić information content (AvgIpc) is 2.76. The molecule has 0 spiro atoms. The number of hydrazine groups is 1. The van der Waals surface area contributed by atoms with Crippen LogP contribution in [-0.2, 0) is 6.54 Å². The second-order valence-corrected chi connectivity index (χ2v) is 4.53. The molecule has 94 valence electrons. The molecule has 1 atom stereocenters. The number of nitrogen functional groups attached to an aromatic ring is 1. The Balaban J connectivity index is 2.01. The van der Waals surface area contributed by atoms with Crippen LogP contribution in [0.2, 0.25) is 0 Å². The van der Waals surface area contributed by atoms with Gasteiger partial charge >= 0.3 is 0 Å². The van der Waals surface area contributed by atoms with Crippen LogP contribution in [0.15, 0.2) is 6.07 Å². The summed E-state index contributed by atoms with van der Waals surface area (Å²) in [7, 11) is 0. The van der Waals surface area contributed by atoms with E-state index in [-0.39, 0.29) is 6.61 Å². The number of rotatable bonds is 4. The van der Waals surface area contributed by atoms with Crippen LogP contribution in [0.1, 0.15) is 17.9 Å². The Kier molecular flexibility index (Phi) is 3.88. The van der Waals surface area contributed by atoms with Crippen molar-refractivity contribution < 1.29 is 5.11 Å². The van der Waals surface area contributed by atoms with Crippen LogP contribution in [-0.4, -0.2) is 39.7 Å². The Morgan fingerprint density at radius 2 is 2.41 bits per heavy atom. The molecule has 4 N–H and O–H groups in total. The fourth-order valence-corrected chi connectivity index (χ4v) is 2.18. The molecule has 0 aromatic carbocycles. The van der Waals surface area contributed by atoms with Gasteiger partial charge in [0.15, 0.2) is 0 Å². The number of aromatic nitrogens is 2. The lowest BCUT2D eigenvalue weighted by Gasteiger charge is -2.15. The molecule has 1 aliphatic rings. The van der Waals surface area contributed by atoms with Gasteiger partial charge in [0.2, 0.25) is 0 Å². The van der Waals surface area contributed by atoms with Crippen molar-refractivity contribution in [3.8, 4) is 0 Å². The molecule has 6 heteroatoms. The Labute approximate surface area is 101 Å². The third kappa shape index (κ3) is 3.12. The molecule has 1 aromatic heterocycles. The monoisotopic (exact) mass is 237 g/mol. The molecule has 0 aliphatic carbocycles. The van der Waals surface area contributed by atoms with Gasteiger partial charge in [-0.15, -0.1) is 0 Å². The van der Waals surface area contributed by atoms with Crippen molar-refractivity contribution in [3.63, 3.8) is 0 Å². The molecule has 17 heavy (non-hydrogen) atoms. The third-order valence-corrected chi connectivity index (χ3v) is 3.04. The molecule has 1 unspecified atom stereocenters. The summed E-state index contributed by atoms with van der Waals surface area (Å²) in [5, 5.41) is 9.09. The first kappa shape index (κ1) is 12.2. The van der Waals surface area contributed by atoms with Gasteiger partial charge in [0.05, 0.1) is 6.54 Å². The van der Waals surface area contributed by atoms with Gasteiger partial charge in [-0.2, -0.15) is 0 Å². The first-order valence-electron chi connectivity index (χ1n) is 5.85. The predicted molar refractivity (Wildman–Crippen MR) is 65.0 cm³/mol. The smallest absolute Gasteiger partial charge is 0.145 e. The number of aryl methyl sites for hydroxylation is 1. The highest BCUT2D eigenvalue weighted by molar-refractivity contribution is 5.33. The molecule has 1 fully saturated rings. The van der Waals surface area contributed by atoms with Crippen LogP contribution in [0, 0.1) is 12.8 Å². The number of anilines is 1. The largest absolute Gasteiger partial charge is 0.396 e. The summed E-state index contributed by atoms with van der Waals surface area (Å²) in [6.07, 6.45) is 1.05. The van der Waals surface area contributed by atoms with Gasteiger partial charge in [-0.3, -0.25) is 4.90 Å². The molecule has 0 amide bonds. The van der Waals surface area contributed by atoms with E-state index < -0.39 is 0 Å². The lowest BCUT2D eigenvalue weighted by atomic mass is 10.1. The van der Waals surface area contributed by atoms with Crippen LogP contribution in [0.5, 0.6) is 0 Å². The maximum absolute atomic E-state index is 9.09. The second kappa shape index (κ2) is 5.39. The van der Waals surface area contributed by atoms with Gasteiger partial charge in [0.1, 0.15) is 11.6 Å². The Morgan fingerprint density at radius 1 is 1.59 bits per heavy atom. The standard InChI is InChI=1S/C11H19N5O/c1-8-4-10(15-12)14-11(13-8)6-16-3-2-9(5-16)7-17/h4,9,17H,2-3,5-7,12H2,1H3,(H,13,14,15). The number of hydrogen-bond acceptors (Lipinski definition) is 6. The van der Waals surface area contributed by atoms with Gasteiger partial charge in [-0.05, 0) is 25.8 Å². The molecular weight excluding hydrogens is 218 g/mol. The first-order chi connectivity index (χ1) is 8.21. The molecular formula is C11H19N5O. The van der Waals surface area contributed by atoms with E-state index in [1.54, 1.807) is 0 Å². The second-order valence-electron chi connectivity index (χ2n) is 4.53. The van der Waals surface area contributed by atoms with E-state index in [4.69, 9.17) is 10.9 Å². The van der Waals surface area contributed by atoms with Crippen molar-refractivity contribution in [2.75, 3.05) is 25.1 Å². The molecule has 0 bridgehead atoms. The maximum atomic E-state index is 9.09. The molecule has 2 heterocycles. The minimum atomic E-state index is 0.265. The first-order valence-corrected chi connectivity index (χ1v) is 5.85. The Hall–Kier alpha value is -1.24. The van der Waals surface area contributed by atoms with Crippen molar-refractivity contribution in [2.45, 2.75) is 19.9 Å². The summed E-state index contributed by atoms with van der Waals surface area (Å²) in [6, 6.07) is 1.81. The zero-order valence-corrected chi connectivity index (χ0v) is 10.1. The number of hydrogen-bond donors (Lipinski definition) is 3. The number of aliphatic hydroxyl groups excluding tert-OH is 1. The Morgan fingerprint density at radius 3 is 3.06 bits per heavy atom. The van der Waals surface area contributed by atoms with E-state index in [9.17, 15) is 0 Å². The highest BCUT2D eigenvalue weighted by Gasteiger charge is 2.22. The zero-order chi connectivity index (χ0) is 12.3. The summed E-state index contributed by atoms with van der Waals surface area (Å²) in [5.74, 6) is 7.17. The summed E-state index contributed by atoms with van der Waals surface area (Å²) >= 11 is 0. The summed E-state index contributed by atoms with van der Waals surface area (Å²) in [6.45, 7) is 4.81. The SMILES string of the molecule is Cc1cc(NN)nc(CN2CCC(CO)C2)n1. The Bertz CT molecular complexity index is 384. The van der Waals surface area contributed by atoms with Crippen LogP contribution < -0.4 is 11.3 Å². The number of aliphatic hydroxyl groups is 1. The zero-order valence-electron chi connectivity index (χ0n) is 10.1. The fourth-order valence-electron chi connectivity index (χ4n) is 2.18. The van der Waals surface area contributed by atoms with Crippen molar-refractivity contribution in [1.29, 1.82) is 0 Å². The predicted octanol–water partition coefficient (Wildman–Crippen LogP) is -0.115. The summed E-state index contributed by atoms with van der Waals surface area (Å²) in [4.78, 5) is 11.0. The third-order valence-electron chi connectivity index (χ3n) is 3.04. The molecule has 1 aliphatic heterocycles. The minimum absolute atomic E-state index is 0.265. The van der Waals surface area contributed by atoms with Crippen LogP contribution in [0.3, 0.4) is 0 Å². The topological polar surface area (TPSA) is 87.3 Å². The fraction of sp³-hybridized carbons (Fsp3) is 0.636. The number of likely N-dealkylation sites (tertiary alicyclic amines) is 1. The average molecular weight is 237 g/mol. The van der Waals surface area contributed by atoms with E-state index >= 15 is 0 Å². The van der Waals surface area contributed by atoms with Gasteiger partial charge in [0.25, 0.3) is 0 Å². The lowest BCUT2D eigenvalue weighted by molar-refractivity contribution is 0.219. The van der Waals surface area contributed by atoms with Crippen LogP contribution >= 0.6 is 0 Å². The van der Waals surface area contributed by atoms with E-state index in [2.05, 4.69) is 20.3 Å². The molecule has 0 saturated carbocycles. The van der Waals surface area contributed by atoms with E-state index in [1.165, 1.54) is 0 Å². The quantitative estimate of drug-likeness (QED) is 0.500. The van der Waals surface area contributed by atoms with Crippen molar-refractivity contribution in [2.24, 2.45) is 11.8 Å². The highest BCUT2D eigenvalue weighted by atomic mass is 16.3. The minimum Gasteiger partial charge on any atom is -0.396 e. The summed E-state index contributed by atoms with van der Waals surface area (Å²) in [5.41, 5.74) is 3.45. The molecule has 1 aromatic rings. The van der Waals surface area contributed by atoms with Crippen LogP contribution in [0.4, 0.5) is 5.82 Å². The van der Waals surface area contributed by atoms with E-state index in [0.29, 0.717) is 18.3 Å². The number of nitrogens with one attached hydrogen (secondary N) is 1. The van der Waals surface area contributed by atoms with Crippen molar-refractivity contribution >= 4 is 5.82 Å². The van der Waals surface area contributed by atoms with Gasteiger partial charge < -0.3 is 10.5 Å².